The molecule has 0 atom stereocenters. The fourth-order valence-corrected chi connectivity index (χ4v) is 1.57. The lowest BCUT2D eigenvalue weighted by atomic mass is 10.1. The van der Waals surface area contributed by atoms with Gasteiger partial charge in [0.25, 0.3) is 5.91 Å². The molecule has 1 aromatic rings. The molecular formula is C11H11ClF3NO2. The molecule has 0 aromatic heterocycles. The smallest absolute Gasteiger partial charge is 0.406 e. The van der Waals surface area contributed by atoms with Crippen molar-refractivity contribution in [3.05, 3.63) is 28.8 Å². The van der Waals surface area contributed by atoms with Gasteiger partial charge in [-0.1, -0.05) is 11.6 Å². The summed E-state index contributed by atoms with van der Waals surface area (Å²) in [6, 6.07) is 3.64. The molecule has 0 aliphatic rings. The van der Waals surface area contributed by atoms with Gasteiger partial charge >= 0.3 is 6.18 Å². The van der Waals surface area contributed by atoms with Gasteiger partial charge in [0.05, 0.1) is 5.56 Å². The van der Waals surface area contributed by atoms with E-state index in [9.17, 15) is 23.1 Å². The van der Waals surface area contributed by atoms with Crippen molar-refractivity contribution in [1.29, 1.82) is 0 Å². The van der Waals surface area contributed by atoms with Crippen LogP contribution in [0.25, 0.3) is 0 Å². The van der Waals surface area contributed by atoms with Crippen molar-refractivity contribution in [3.8, 4) is 5.75 Å². The van der Waals surface area contributed by atoms with Gasteiger partial charge in [0.1, 0.15) is 12.3 Å². The molecule has 18 heavy (non-hydrogen) atoms. The molecular weight excluding hydrogens is 271 g/mol. The monoisotopic (exact) mass is 281 g/mol. The maximum Gasteiger partial charge on any atom is 0.406 e. The maximum absolute atomic E-state index is 12.3. The number of carbonyl (C=O) groups excluding carboxylic acids is 1. The second kappa shape index (κ2) is 5.48. The summed E-state index contributed by atoms with van der Waals surface area (Å²) < 4.78 is 36.8. The maximum atomic E-state index is 12.3. The summed E-state index contributed by atoms with van der Waals surface area (Å²) in [5, 5.41) is 9.63. The van der Waals surface area contributed by atoms with Gasteiger partial charge in [0.15, 0.2) is 0 Å². The zero-order valence-electron chi connectivity index (χ0n) is 9.46. The standard InChI is InChI=1S/C11H11ClF3NO2/c1-2-16(6-11(13,14)15)10(18)8-5-7(12)3-4-9(8)17/h3-5,17H,2,6H2,1H3. The number of nitrogens with zero attached hydrogens (tertiary/aromatic N) is 1. The number of hydrogen-bond donors (Lipinski definition) is 1. The predicted octanol–water partition coefficient (Wildman–Crippen LogP) is 3.07. The summed E-state index contributed by atoms with van der Waals surface area (Å²) in [4.78, 5) is 12.4. The summed E-state index contributed by atoms with van der Waals surface area (Å²) in [6.45, 7) is -0.0657. The largest absolute Gasteiger partial charge is 0.507 e. The van der Waals surface area contributed by atoms with Crippen LogP contribution >= 0.6 is 11.6 Å². The highest BCUT2D eigenvalue weighted by Gasteiger charge is 2.33. The van der Waals surface area contributed by atoms with Crippen LogP contribution in [0.5, 0.6) is 5.75 Å². The summed E-state index contributed by atoms with van der Waals surface area (Å²) in [7, 11) is 0. The molecule has 0 aliphatic heterocycles. The first-order valence-electron chi connectivity index (χ1n) is 5.09. The second-order valence-corrected chi connectivity index (χ2v) is 4.03. The van der Waals surface area contributed by atoms with E-state index in [1.54, 1.807) is 0 Å². The van der Waals surface area contributed by atoms with Crippen molar-refractivity contribution in [3.63, 3.8) is 0 Å². The Morgan fingerprint density at radius 3 is 2.56 bits per heavy atom. The lowest BCUT2D eigenvalue weighted by Gasteiger charge is -2.22. The van der Waals surface area contributed by atoms with Crippen LogP contribution in [0.3, 0.4) is 0 Å². The average Bonchev–Trinajstić information content (AvgIpc) is 2.27. The average molecular weight is 282 g/mol. The molecule has 0 unspecified atom stereocenters. The van der Waals surface area contributed by atoms with Gasteiger partial charge in [0, 0.05) is 11.6 Å². The van der Waals surface area contributed by atoms with Gasteiger partial charge in [-0.3, -0.25) is 4.79 Å². The highest BCUT2D eigenvalue weighted by atomic mass is 35.5. The van der Waals surface area contributed by atoms with Gasteiger partial charge in [-0.2, -0.15) is 13.2 Å². The van der Waals surface area contributed by atoms with Gasteiger partial charge in [0.2, 0.25) is 0 Å². The van der Waals surface area contributed by atoms with E-state index in [0.717, 1.165) is 12.1 Å². The Kier molecular flexibility index (Phi) is 4.45. The molecule has 100 valence electrons. The molecule has 1 rings (SSSR count). The molecule has 0 fully saturated rings. The summed E-state index contributed by atoms with van der Waals surface area (Å²) in [5.74, 6) is -1.31. The minimum Gasteiger partial charge on any atom is -0.507 e. The molecule has 0 radical (unpaired) electrons. The summed E-state index contributed by atoms with van der Waals surface area (Å²) in [6.07, 6.45) is -4.49. The van der Waals surface area contributed by atoms with Crippen molar-refractivity contribution < 1.29 is 23.1 Å². The molecule has 0 bridgehead atoms. The fraction of sp³-hybridized carbons (Fsp3) is 0.364. The van der Waals surface area contributed by atoms with Gasteiger partial charge in [-0.05, 0) is 25.1 Å². The Morgan fingerprint density at radius 2 is 2.06 bits per heavy atom. The molecule has 3 nitrogen and oxygen atoms in total. The summed E-state index contributed by atoms with van der Waals surface area (Å²) >= 11 is 5.64. The van der Waals surface area contributed by atoms with E-state index in [0.29, 0.717) is 4.90 Å². The van der Waals surface area contributed by atoms with Crippen LogP contribution in [0.2, 0.25) is 5.02 Å². The van der Waals surface area contributed by atoms with Gasteiger partial charge in [-0.15, -0.1) is 0 Å². The predicted molar refractivity (Wildman–Crippen MR) is 60.7 cm³/mol. The topological polar surface area (TPSA) is 40.5 Å². The van der Waals surface area contributed by atoms with Crippen molar-refractivity contribution in [2.24, 2.45) is 0 Å². The van der Waals surface area contributed by atoms with Gasteiger partial charge < -0.3 is 10.0 Å². The number of aromatic hydroxyl groups is 1. The zero-order valence-corrected chi connectivity index (χ0v) is 10.2. The van der Waals surface area contributed by atoms with Crippen LogP contribution < -0.4 is 0 Å². The molecule has 1 N–H and O–H groups in total. The van der Waals surface area contributed by atoms with E-state index < -0.39 is 24.4 Å². The Bertz CT molecular complexity index is 448. The van der Waals surface area contributed by atoms with Crippen molar-refractivity contribution in [2.75, 3.05) is 13.1 Å². The van der Waals surface area contributed by atoms with E-state index in [-0.39, 0.29) is 17.1 Å². The zero-order chi connectivity index (χ0) is 13.9. The number of benzene rings is 1. The van der Waals surface area contributed by atoms with Crippen molar-refractivity contribution in [2.45, 2.75) is 13.1 Å². The molecule has 0 spiro atoms. The second-order valence-electron chi connectivity index (χ2n) is 3.60. The molecule has 0 saturated carbocycles. The third-order valence-electron chi connectivity index (χ3n) is 2.23. The molecule has 0 aliphatic carbocycles. The number of rotatable bonds is 3. The molecule has 1 aromatic carbocycles. The number of phenolic OH excluding ortho intramolecular Hbond substituents is 1. The van der Waals surface area contributed by atoms with Gasteiger partial charge in [-0.25, -0.2) is 0 Å². The number of hydrogen-bond acceptors (Lipinski definition) is 2. The lowest BCUT2D eigenvalue weighted by molar-refractivity contribution is -0.140. The number of amides is 1. The van der Waals surface area contributed by atoms with Crippen LogP contribution in [-0.2, 0) is 0 Å². The number of halogens is 4. The van der Waals surface area contributed by atoms with Crippen LogP contribution in [0.1, 0.15) is 17.3 Å². The highest BCUT2D eigenvalue weighted by molar-refractivity contribution is 6.31. The first kappa shape index (κ1) is 14.6. The van der Waals surface area contributed by atoms with E-state index in [4.69, 9.17) is 11.6 Å². The highest BCUT2D eigenvalue weighted by Crippen LogP contribution is 2.24. The Morgan fingerprint density at radius 1 is 1.44 bits per heavy atom. The number of phenols is 1. The minimum atomic E-state index is -4.49. The normalized spacial score (nSPS) is 11.4. The minimum absolute atomic E-state index is 0.121. The van der Waals surface area contributed by atoms with Crippen molar-refractivity contribution in [1.82, 2.24) is 4.90 Å². The molecule has 0 saturated heterocycles. The Labute approximate surface area is 107 Å². The SMILES string of the molecule is CCN(CC(F)(F)F)C(=O)c1cc(Cl)ccc1O. The Balaban J connectivity index is 3.00. The molecule has 7 heteroatoms. The van der Waals surface area contributed by atoms with E-state index in [1.165, 1.54) is 13.0 Å². The van der Waals surface area contributed by atoms with Crippen LogP contribution in [0.15, 0.2) is 18.2 Å². The number of alkyl halides is 3. The first-order chi connectivity index (χ1) is 8.24. The molecule has 1 amide bonds. The quantitative estimate of drug-likeness (QED) is 0.925. The van der Waals surface area contributed by atoms with Crippen LogP contribution in [0, 0.1) is 0 Å². The fourth-order valence-electron chi connectivity index (χ4n) is 1.39. The van der Waals surface area contributed by atoms with E-state index in [1.807, 2.05) is 0 Å². The molecule has 0 heterocycles. The third kappa shape index (κ3) is 3.80. The third-order valence-corrected chi connectivity index (χ3v) is 2.46. The lowest BCUT2D eigenvalue weighted by Crippen LogP contribution is -2.38. The Hall–Kier alpha value is -1.43. The van der Waals surface area contributed by atoms with Crippen LogP contribution in [-0.4, -0.2) is 35.2 Å². The van der Waals surface area contributed by atoms with Crippen molar-refractivity contribution >= 4 is 17.5 Å². The van der Waals surface area contributed by atoms with Crippen LogP contribution in [0.4, 0.5) is 13.2 Å². The summed E-state index contributed by atoms with van der Waals surface area (Å²) in [5.41, 5.74) is -0.242. The van der Waals surface area contributed by atoms with E-state index in [2.05, 4.69) is 0 Å². The number of carbonyl (C=O) groups is 1. The first-order valence-corrected chi connectivity index (χ1v) is 5.47. The van der Waals surface area contributed by atoms with E-state index >= 15 is 0 Å².